The van der Waals surface area contributed by atoms with E-state index in [1.807, 2.05) is 48.5 Å². The Morgan fingerprint density at radius 3 is 1.78 bits per heavy atom. The molecular formula is C21H21N3O3. The van der Waals surface area contributed by atoms with Gasteiger partial charge in [0.2, 0.25) is 0 Å². The molecule has 0 saturated carbocycles. The first kappa shape index (κ1) is 18.4. The number of methoxy groups -OCH3 is 2. The van der Waals surface area contributed by atoms with Gasteiger partial charge in [-0.15, -0.1) is 0 Å². The number of benzene rings is 2. The lowest BCUT2D eigenvalue weighted by molar-refractivity contribution is 0.0723. The maximum absolute atomic E-state index is 13.0. The topological polar surface area (TPSA) is 64.6 Å². The molecule has 0 aliphatic rings. The van der Waals surface area contributed by atoms with E-state index < -0.39 is 0 Å². The number of aromatic nitrogens is 2. The minimum Gasteiger partial charge on any atom is -0.497 e. The second-order valence-electron chi connectivity index (χ2n) is 5.95. The molecule has 6 heteroatoms. The third-order valence-electron chi connectivity index (χ3n) is 4.13. The normalized spacial score (nSPS) is 10.3. The average molecular weight is 363 g/mol. The SMILES string of the molecule is COc1ccc(CN(Cc2ccc(OC)cc2)C(=O)c2cnccn2)cc1. The summed E-state index contributed by atoms with van der Waals surface area (Å²) < 4.78 is 10.4. The highest BCUT2D eigenvalue weighted by Crippen LogP contribution is 2.18. The highest BCUT2D eigenvalue weighted by molar-refractivity contribution is 5.91. The van der Waals surface area contributed by atoms with Gasteiger partial charge in [0, 0.05) is 25.5 Å². The van der Waals surface area contributed by atoms with Crippen LogP contribution in [0.4, 0.5) is 0 Å². The van der Waals surface area contributed by atoms with Gasteiger partial charge >= 0.3 is 0 Å². The minimum absolute atomic E-state index is 0.172. The molecule has 0 unspecified atom stereocenters. The second-order valence-corrected chi connectivity index (χ2v) is 5.95. The molecular weight excluding hydrogens is 342 g/mol. The molecule has 1 heterocycles. The molecule has 6 nitrogen and oxygen atoms in total. The third kappa shape index (κ3) is 4.82. The van der Waals surface area contributed by atoms with Crippen LogP contribution in [0.3, 0.4) is 0 Å². The molecule has 0 aliphatic heterocycles. The molecule has 0 saturated heterocycles. The number of hydrogen-bond acceptors (Lipinski definition) is 5. The van der Waals surface area contributed by atoms with E-state index in [-0.39, 0.29) is 5.91 Å². The van der Waals surface area contributed by atoms with E-state index in [1.165, 1.54) is 12.4 Å². The standard InChI is InChI=1S/C21H21N3O3/c1-26-18-7-3-16(4-8-18)14-24(21(25)20-13-22-11-12-23-20)15-17-5-9-19(27-2)10-6-17/h3-13H,14-15H2,1-2H3. The number of carbonyl (C=O) groups excluding carboxylic acids is 1. The van der Waals surface area contributed by atoms with Crippen molar-refractivity contribution in [3.05, 3.63) is 83.9 Å². The van der Waals surface area contributed by atoms with Crippen LogP contribution in [0.1, 0.15) is 21.6 Å². The number of nitrogens with zero attached hydrogens (tertiary/aromatic N) is 3. The summed E-state index contributed by atoms with van der Waals surface area (Å²) in [6.07, 6.45) is 4.55. The fraction of sp³-hybridized carbons (Fsp3) is 0.190. The number of hydrogen-bond donors (Lipinski definition) is 0. The molecule has 27 heavy (non-hydrogen) atoms. The zero-order valence-electron chi connectivity index (χ0n) is 15.3. The number of ether oxygens (including phenoxy) is 2. The number of carbonyl (C=O) groups is 1. The average Bonchev–Trinajstić information content (AvgIpc) is 2.74. The van der Waals surface area contributed by atoms with E-state index >= 15 is 0 Å². The Morgan fingerprint density at radius 1 is 0.852 bits per heavy atom. The summed E-state index contributed by atoms with van der Waals surface area (Å²) >= 11 is 0. The lowest BCUT2D eigenvalue weighted by atomic mass is 10.1. The number of amides is 1. The van der Waals surface area contributed by atoms with Crippen LogP contribution in [0.2, 0.25) is 0 Å². The summed E-state index contributed by atoms with van der Waals surface area (Å²) in [6.45, 7) is 0.900. The van der Waals surface area contributed by atoms with Crippen molar-refractivity contribution in [1.82, 2.24) is 14.9 Å². The molecule has 3 aromatic rings. The molecule has 0 spiro atoms. The Balaban J connectivity index is 1.83. The summed E-state index contributed by atoms with van der Waals surface area (Å²) in [4.78, 5) is 22.9. The Hall–Kier alpha value is -3.41. The van der Waals surface area contributed by atoms with Crippen LogP contribution in [-0.2, 0) is 13.1 Å². The van der Waals surface area contributed by atoms with Crippen molar-refractivity contribution in [2.45, 2.75) is 13.1 Å². The summed E-state index contributed by atoms with van der Waals surface area (Å²) in [5.41, 5.74) is 2.32. The Morgan fingerprint density at radius 2 is 1.37 bits per heavy atom. The summed E-state index contributed by atoms with van der Waals surface area (Å²) in [5.74, 6) is 1.39. The smallest absolute Gasteiger partial charge is 0.274 e. The summed E-state index contributed by atoms with van der Waals surface area (Å²) in [7, 11) is 3.26. The molecule has 0 fully saturated rings. The highest BCUT2D eigenvalue weighted by atomic mass is 16.5. The molecule has 0 atom stereocenters. The first-order valence-corrected chi connectivity index (χ1v) is 8.50. The van der Waals surface area contributed by atoms with Crippen molar-refractivity contribution >= 4 is 5.91 Å². The molecule has 138 valence electrons. The van der Waals surface area contributed by atoms with Gasteiger partial charge in [0.25, 0.3) is 5.91 Å². The predicted molar refractivity (Wildman–Crippen MR) is 102 cm³/mol. The largest absolute Gasteiger partial charge is 0.497 e. The minimum atomic E-state index is -0.172. The second kappa shape index (κ2) is 8.80. The van der Waals surface area contributed by atoms with Crippen molar-refractivity contribution < 1.29 is 14.3 Å². The van der Waals surface area contributed by atoms with Gasteiger partial charge in [-0.1, -0.05) is 24.3 Å². The van der Waals surface area contributed by atoms with E-state index in [0.29, 0.717) is 18.8 Å². The fourth-order valence-electron chi connectivity index (χ4n) is 2.67. The van der Waals surface area contributed by atoms with Gasteiger partial charge in [-0.25, -0.2) is 4.98 Å². The zero-order valence-corrected chi connectivity index (χ0v) is 15.3. The predicted octanol–water partition coefficient (Wildman–Crippen LogP) is 3.34. The van der Waals surface area contributed by atoms with Crippen LogP contribution in [0, 0.1) is 0 Å². The van der Waals surface area contributed by atoms with Crippen molar-refractivity contribution in [2.75, 3.05) is 14.2 Å². The zero-order chi connectivity index (χ0) is 19.1. The Bertz CT molecular complexity index is 816. The molecule has 2 aromatic carbocycles. The fourth-order valence-corrected chi connectivity index (χ4v) is 2.67. The van der Waals surface area contributed by atoms with E-state index in [0.717, 1.165) is 22.6 Å². The Labute approximate surface area is 158 Å². The van der Waals surface area contributed by atoms with Crippen LogP contribution in [0.25, 0.3) is 0 Å². The van der Waals surface area contributed by atoms with Gasteiger partial charge in [-0.2, -0.15) is 0 Å². The molecule has 0 N–H and O–H groups in total. The van der Waals surface area contributed by atoms with Gasteiger partial charge in [0.1, 0.15) is 17.2 Å². The summed E-state index contributed by atoms with van der Waals surface area (Å²) in [6, 6.07) is 15.3. The van der Waals surface area contributed by atoms with Crippen LogP contribution in [0.5, 0.6) is 11.5 Å². The van der Waals surface area contributed by atoms with E-state index in [9.17, 15) is 4.79 Å². The van der Waals surface area contributed by atoms with Crippen LogP contribution in [0.15, 0.2) is 67.1 Å². The molecule has 3 rings (SSSR count). The van der Waals surface area contributed by atoms with Gasteiger partial charge in [0.15, 0.2) is 0 Å². The number of rotatable bonds is 7. The molecule has 0 bridgehead atoms. The van der Waals surface area contributed by atoms with Crippen LogP contribution in [-0.4, -0.2) is 35.0 Å². The van der Waals surface area contributed by atoms with E-state index in [2.05, 4.69) is 9.97 Å². The third-order valence-corrected chi connectivity index (χ3v) is 4.13. The van der Waals surface area contributed by atoms with Crippen molar-refractivity contribution in [1.29, 1.82) is 0 Å². The molecule has 1 aromatic heterocycles. The maximum Gasteiger partial charge on any atom is 0.274 e. The quantitative estimate of drug-likeness (QED) is 0.644. The highest BCUT2D eigenvalue weighted by Gasteiger charge is 2.18. The first-order valence-electron chi connectivity index (χ1n) is 8.50. The van der Waals surface area contributed by atoms with Gasteiger partial charge in [-0.3, -0.25) is 9.78 Å². The van der Waals surface area contributed by atoms with Gasteiger partial charge in [0.05, 0.1) is 20.4 Å². The van der Waals surface area contributed by atoms with Gasteiger partial charge < -0.3 is 14.4 Å². The maximum atomic E-state index is 13.0. The molecule has 0 radical (unpaired) electrons. The molecule has 0 aliphatic carbocycles. The lowest BCUT2D eigenvalue weighted by Gasteiger charge is -2.23. The first-order chi connectivity index (χ1) is 13.2. The Kier molecular flexibility index (Phi) is 5.99. The molecule has 1 amide bonds. The van der Waals surface area contributed by atoms with Gasteiger partial charge in [-0.05, 0) is 35.4 Å². The van der Waals surface area contributed by atoms with Crippen molar-refractivity contribution in [3.63, 3.8) is 0 Å². The van der Waals surface area contributed by atoms with Crippen LogP contribution >= 0.6 is 0 Å². The summed E-state index contributed by atoms with van der Waals surface area (Å²) in [5, 5.41) is 0. The van der Waals surface area contributed by atoms with Crippen LogP contribution < -0.4 is 9.47 Å². The lowest BCUT2D eigenvalue weighted by Crippen LogP contribution is -2.30. The van der Waals surface area contributed by atoms with E-state index in [1.54, 1.807) is 25.3 Å². The van der Waals surface area contributed by atoms with E-state index in [4.69, 9.17) is 9.47 Å². The monoisotopic (exact) mass is 363 g/mol. The van der Waals surface area contributed by atoms with Crippen molar-refractivity contribution in [3.8, 4) is 11.5 Å². The van der Waals surface area contributed by atoms with Crippen molar-refractivity contribution in [2.24, 2.45) is 0 Å².